The summed E-state index contributed by atoms with van der Waals surface area (Å²) in [7, 11) is 0. The van der Waals surface area contributed by atoms with Crippen LogP contribution in [-0.2, 0) is 9.59 Å². The molecule has 5 heteroatoms. The molecule has 2 aromatic rings. The molecule has 0 bridgehead atoms. The quantitative estimate of drug-likeness (QED) is 0.704. The zero-order valence-corrected chi connectivity index (χ0v) is 17.8. The second-order valence-corrected chi connectivity index (χ2v) is 9.26. The summed E-state index contributed by atoms with van der Waals surface area (Å²) in [5, 5.41) is 3.43. The summed E-state index contributed by atoms with van der Waals surface area (Å²) < 4.78 is 15.1. The van der Waals surface area contributed by atoms with Crippen molar-refractivity contribution in [3.8, 4) is 0 Å². The van der Waals surface area contributed by atoms with Gasteiger partial charge in [-0.05, 0) is 30.0 Å². The zero-order chi connectivity index (χ0) is 21.6. The molecule has 0 radical (unpaired) electrons. The first-order valence-corrected chi connectivity index (χ1v) is 10.4. The van der Waals surface area contributed by atoms with E-state index < -0.39 is 11.9 Å². The van der Waals surface area contributed by atoms with Crippen molar-refractivity contribution in [2.24, 2.45) is 11.3 Å². The van der Waals surface area contributed by atoms with Gasteiger partial charge in [0.1, 0.15) is 5.82 Å². The van der Waals surface area contributed by atoms with Crippen molar-refractivity contribution >= 4 is 23.1 Å². The number of Topliss-reactive ketones (excluding diaryl/α,β-unsaturated/α-hetero) is 1. The number of anilines is 2. The Kier molecular flexibility index (Phi) is 5.00. The second kappa shape index (κ2) is 7.38. The third-order valence-corrected chi connectivity index (χ3v) is 5.83. The lowest BCUT2D eigenvalue weighted by atomic mass is 9.73. The molecule has 0 saturated carbocycles. The molecule has 1 atom stereocenters. The molecule has 0 spiro atoms. The van der Waals surface area contributed by atoms with E-state index in [1.807, 2.05) is 38.1 Å². The number of hydrogen-bond donors (Lipinski definition) is 1. The number of nitrogens with one attached hydrogen (secondary N) is 1. The van der Waals surface area contributed by atoms with Crippen molar-refractivity contribution in [2.45, 2.75) is 46.6 Å². The van der Waals surface area contributed by atoms with E-state index in [-0.39, 0.29) is 23.0 Å². The summed E-state index contributed by atoms with van der Waals surface area (Å²) >= 11 is 0. The van der Waals surface area contributed by atoms with Crippen molar-refractivity contribution in [1.29, 1.82) is 0 Å². The van der Waals surface area contributed by atoms with E-state index in [1.54, 1.807) is 23.1 Å². The first-order valence-electron chi connectivity index (χ1n) is 10.4. The molecule has 30 heavy (non-hydrogen) atoms. The number of carbonyl (C=O) groups is 2. The summed E-state index contributed by atoms with van der Waals surface area (Å²) in [4.78, 5) is 28.5. The monoisotopic (exact) mass is 406 g/mol. The molecule has 156 valence electrons. The Labute approximate surface area is 176 Å². The topological polar surface area (TPSA) is 49.4 Å². The maximum Gasteiger partial charge on any atom is 0.230 e. The summed E-state index contributed by atoms with van der Waals surface area (Å²) in [6.45, 7) is 7.76. The van der Waals surface area contributed by atoms with Crippen LogP contribution in [0.15, 0.2) is 59.8 Å². The Hall–Kier alpha value is -2.95. The van der Waals surface area contributed by atoms with Gasteiger partial charge in [-0.3, -0.25) is 14.5 Å². The van der Waals surface area contributed by atoms with Gasteiger partial charge in [0.2, 0.25) is 5.91 Å². The number of nitrogens with zero attached hydrogens (tertiary/aromatic N) is 1. The molecule has 0 aromatic heterocycles. The van der Waals surface area contributed by atoms with Crippen LogP contribution in [-0.4, -0.2) is 11.7 Å². The van der Waals surface area contributed by atoms with Gasteiger partial charge < -0.3 is 5.32 Å². The lowest BCUT2D eigenvalue weighted by Gasteiger charge is -2.37. The van der Waals surface area contributed by atoms with Crippen molar-refractivity contribution in [1.82, 2.24) is 0 Å². The molecule has 2 aliphatic rings. The molecule has 1 aliphatic heterocycles. The van der Waals surface area contributed by atoms with Crippen molar-refractivity contribution in [3.63, 3.8) is 0 Å². The standard InChI is InChI=1S/C25H27FN2O2/c1-15(2)24(30)28-20-12-8-7-11-18(20)27-19-13-25(3,4)14-21(29)22(19)23(28)16-9-5-6-10-17(16)26/h5-12,15,23,27H,13-14H2,1-4H3/t23-/m0/s1. The van der Waals surface area contributed by atoms with E-state index in [0.29, 0.717) is 29.7 Å². The molecule has 4 rings (SSSR count). The molecular formula is C25H27FN2O2. The van der Waals surface area contributed by atoms with Gasteiger partial charge in [-0.25, -0.2) is 4.39 Å². The number of ketones is 1. The fourth-order valence-corrected chi connectivity index (χ4v) is 4.50. The van der Waals surface area contributed by atoms with E-state index in [2.05, 4.69) is 19.2 Å². The first-order chi connectivity index (χ1) is 14.2. The van der Waals surface area contributed by atoms with Gasteiger partial charge in [-0.2, -0.15) is 0 Å². The van der Waals surface area contributed by atoms with E-state index in [1.165, 1.54) is 6.07 Å². The third kappa shape index (κ3) is 3.42. The maximum absolute atomic E-state index is 15.1. The van der Waals surface area contributed by atoms with Gasteiger partial charge in [0.05, 0.1) is 17.4 Å². The van der Waals surface area contributed by atoms with Crippen LogP contribution >= 0.6 is 0 Å². The molecule has 0 fully saturated rings. The van der Waals surface area contributed by atoms with Gasteiger partial charge in [0.15, 0.2) is 5.78 Å². The summed E-state index contributed by atoms with van der Waals surface area (Å²) in [5.74, 6) is -0.933. The maximum atomic E-state index is 15.1. The van der Waals surface area contributed by atoms with Gasteiger partial charge in [0.25, 0.3) is 0 Å². The number of benzene rings is 2. The number of rotatable bonds is 2. The van der Waals surface area contributed by atoms with Crippen LogP contribution in [0.5, 0.6) is 0 Å². The minimum Gasteiger partial charge on any atom is -0.357 e. The number of allylic oxidation sites excluding steroid dienone is 1. The van der Waals surface area contributed by atoms with E-state index in [0.717, 1.165) is 11.4 Å². The molecule has 4 nitrogen and oxygen atoms in total. The molecule has 1 heterocycles. The van der Waals surface area contributed by atoms with Crippen LogP contribution < -0.4 is 10.2 Å². The molecule has 2 aromatic carbocycles. The van der Waals surface area contributed by atoms with E-state index in [9.17, 15) is 9.59 Å². The number of fused-ring (bicyclic) bond motifs is 1. The van der Waals surface area contributed by atoms with Crippen LogP contribution in [0.3, 0.4) is 0 Å². The molecule has 1 amide bonds. The summed E-state index contributed by atoms with van der Waals surface area (Å²) in [5.41, 5.74) is 2.80. The molecule has 0 saturated heterocycles. The third-order valence-electron chi connectivity index (χ3n) is 5.83. The molecule has 1 N–H and O–H groups in total. The number of amides is 1. The Balaban J connectivity index is 2.05. The lowest BCUT2D eigenvalue weighted by Crippen LogP contribution is -2.41. The van der Waals surface area contributed by atoms with Crippen molar-refractivity contribution in [2.75, 3.05) is 10.2 Å². The van der Waals surface area contributed by atoms with E-state index in [4.69, 9.17) is 0 Å². The van der Waals surface area contributed by atoms with Crippen molar-refractivity contribution < 1.29 is 14.0 Å². The van der Waals surface area contributed by atoms with E-state index >= 15 is 4.39 Å². The predicted octanol–water partition coefficient (Wildman–Crippen LogP) is 5.62. The molecular weight excluding hydrogens is 379 g/mol. The normalized spacial score (nSPS) is 20.4. The minimum absolute atomic E-state index is 0.0450. The van der Waals surface area contributed by atoms with Crippen LogP contribution in [0.1, 0.15) is 52.1 Å². The van der Waals surface area contributed by atoms with Crippen molar-refractivity contribution in [3.05, 3.63) is 71.2 Å². The van der Waals surface area contributed by atoms with Crippen LogP contribution in [0.25, 0.3) is 0 Å². The number of para-hydroxylation sites is 2. The fourth-order valence-electron chi connectivity index (χ4n) is 4.50. The Morgan fingerprint density at radius 3 is 2.47 bits per heavy atom. The predicted molar refractivity (Wildman–Crippen MR) is 117 cm³/mol. The second-order valence-electron chi connectivity index (χ2n) is 9.26. The summed E-state index contributed by atoms with van der Waals surface area (Å²) in [6, 6.07) is 13.1. The van der Waals surface area contributed by atoms with Gasteiger partial charge in [0, 0.05) is 29.2 Å². The number of carbonyl (C=O) groups excluding carboxylic acids is 2. The van der Waals surface area contributed by atoms with Crippen LogP contribution in [0, 0.1) is 17.2 Å². The van der Waals surface area contributed by atoms with Crippen LogP contribution in [0.2, 0.25) is 0 Å². The Bertz CT molecular complexity index is 1050. The minimum atomic E-state index is -0.809. The summed E-state index contributed by atoms with van der Waals surface area (Å²) in [6.07, 6.45) is 1.01. The van der Waals surface area contributed by atoms with Crippen LogP contribution in [0.4, 0.5) is 15.8 Å². The Morgan fingerprint density at radius 1 is 1.10 bits per heavy atom. The highest BCUT2D eigenvalue weighted by Gasteiger charge is 2.44. The SMILES string of the molecule is CC(C)C(=O)N1c2ccccc2NC2=C(C(=O)CC(C)(C)C2)[C@@H]1c1ccccc1F. The number of halogens is 1. The zero-order valence-electron chi connectivity index (χ0n) is 17.8. The molecule has 1 aliphatic carbocycles. The first kappa shape index (κ1) is 20.3. The van der Waals surface area contributed by atoms with Gasteiger partial charge in [-0.1, -0.05) is 58.0 Å². The molecule has 0 unspecified atom stereocenters. The highest BCUT2D eigenvalue weighted by atomic mass is 19.1. The largest absolute Gasteiger partial charge is 0.357 e. The number of hydrogen-bond acceptors (Lipinski definition) is 3. The smallest absolute Gasteiger partial charge is 0.230 e. The highest BCUT2D eigenvalue weighted by molar-refractivity contribution is 6.06. The Morgan fingerprint density at radius 2 is 1.77 bits per heavy atom. The highest BCUT2D eigenvalue weighted by Crippen LogP contribution is 2.48. The average Bonchev–Trinajstić information content (AvgIpc) is 2.80. The fraction of sp³-hybridized carbons (Fsp3) is 0.360. The average molecular weight is 407 g/mol. The van der Waals surface area contributed by atoms with Gasteiger partial charge >= 0.3 is 0 Å². The lowest BCUT2D eigenvalue weighted by molar-refractivity contribution is -0.122. The van der Waals surface area contributed by atoms with Gasteiger partial charge in [-0.15, -0.1) is 0 Å².